The highest BCUT2D eigenvalue weighted by atomic mass is 16.6. The van der Waals surface area contributed by atoms with Crippen LogP contribution in [0.2, 0.25) is 0 Å². The number of imide groups is 1. The number of carbonyl (C=O) groups is 3. The van der Waals surface area contributed by atoms with Gasteiger partial charge < -0.3 is 4.74 Å². The molecule has 1 saturated heterocycles. The Morgan fingerprint density at radius 3 is 2.64 bits per heavy atom. The minimum absolute atomic E-state index is 0.182. The zero-order chi connectivity index (χ0) is 23.8. The lowest BCUT2D eigenvalue weighted by molar-refractivity contribution is -0.156. The highest BCUT2D eigenvalue weighted by molar-refractivity contribution is 6.10. The lowest BCUT2D eigenvalue weighted by Crippen LogP contribution is -2.41. The van der Waals surface area contributed by atoms with E-state index in [2.05, 4.69) is 27.4 Å². The summed E-state index contributed by atoms with van der Waals surface area (Å²) in [6.07, 6.45) is 4.93. The van der Waals surface area contributed by atoms with Crippen molar-refractivity contribution >= 4 is 34.6 Å². The van der Waals surface area contributed by atoms with Crippen molar-refractivity contribution in [2.45, 2.75) is 45.1 Å². The number of fused-ring (bicyclic) bond motifs is 1. The number of esters is 1. The second kappa shape index (κ2) is 8.97. The SMILES string of the molecule is Cn1nc(N2CC=CC(=O)NC2=O)c2ccc(C3CCN(CC(=O)OC(C)(C)C)CC3)cc21. The quantitative estimate of drug-likeness (QED) is 0.715. The number of rotatable bonds is 4. The Morgan fingerprint density at radius 2 is 1.94 bits per heavy atom. The Labute approximate surface area is 193 Å². The minimum Gasteiger partial charge on any atom is -0.459 e. The van der Waals surface area contributed by atoms with Crippen molar-refractivity contribution in [3.05, 3.63) is 35.9 Å². The van der Waals surface area contributed by atoms with Crippen LogP contribution < -0.4 is 10.2 Å². The van der Waals surface area contributed by atoms with Crippen molar-refractivity contribution in [1.82, 2.24) is 20.0 Å². The summed E-state index contributed by atoms with van der Waals surface area (Å²) in [6.45, 7) is 7.93. The molecule has 0 spiro atoms. The number of nitrogens with one attached hydrogen (secondary N) is 1. The summed E-state index contributed by atoms with van der Waals surface area (Å²) < 4.78 is 7.21. The van der Waals surface area contributed by atoms with Crippen molar-refractivity contribution in [1.29, 1.82) is 0 Å². The van der Waals surface area contributed by atoms with Gasteiger partial charge in [0.15, 0.2) is 5.82 Å². The number of benzene rings is 1. The van der Waals surface area contributed by atoms with Gasteiger partial charge in [0.25, 0.3) is 5.91 Å². The third kappa shape index (κ3) is 5.24. The summed E-state index contributed by atoms with van der Waals surface area (Å²) in [5.74, 6) is 0.315. The zero-order valence-corrected chi connectivity index (χ0v) is 19.6. The number of aryl methyl sites for hydroxylation is 1. The van der Waals surface area contributed by atoms with E-state index in [1.54, 1.807) is 10.8 Å². The van der Waals surface area contributed by atoms with Crippen molar-refractivity contribution < 1.29 is 19.1 Å². The number of piperidine rings is 1. The van der Waals surface area contributed by atoms with Crippen LogP contribution in [-0.4, -0.2) is 64.4 Å². The molecule has 4 rings (SSSR count). The molecule has 0 unspecified atom stereocenters. The second-order valence-corrected chi connectivity index (χ2v) is 9.67. The van der Waals surface area contributed by atoms with Crippen LogP contribution in [0.3, 0.4) is 0 Å². The molecular weight excluding hydrogens is 422 g/mol. The van der Waals surface area contributed by atoms with Crippen LogP contribution in [0.5, 0.6) is 0 Å². The van der Waals surface area contributed by atoms with Gasteiger partial charge in [0.2, 0.25) is 0 Å². The standard InChI is InChI=1S/C24H31N5O4/c1-24(2,3)33-21(31)15-28-12-9-16(10-13-28)17-7-8-18-19(14-17)27(4)26-22(18)29-11-5-6-20(30)25-23(29)32/h5-8,14,16H,9-13,15H2,1-4H3,(H,25,30,32). The van der Waals surface area contributed by atoms with Gasteiger partial charge in [-0.3, -0.25) is 29.4 Å². The first-order valence-electron chi connectivity index (χ1n) is 11.3. The monoisotopic (exact) mass is 453 g/mol. The summed E-state index contributed by atoms with van der Waals surface area (Å²) in [6, 6.07) is 5.75. The van der Waals surface area contributed by atoms with E-state index < -0.39 is 17.5 Å². The van der Waals surface area contributed by atoms with Crippen LogP contribution in [0.25, 0.3) is 10.9 Å². The Balaban J connectivity index is 1.46. The van der Waals surface area contributed by atoms with Crippen LogP contribution in [0.15, 0.2) is 30.4 Å². The minimum atomic E-state index is -0.480. The summed E-state index contributed by atoms with van der Waals surface area (Å²) in [5, 5.41) is 7.76. The Kier molecular flexibility index (Phi) is 6.25. The average Bonchev–Trinajstić information content (AvgIpc) is 2.95. The Hall–Kier alpha value is -3.20. The lowest BCUT2D eigenvalue weighted by Gasteiger charge is -2.32. The average molecular weight is 454 g/mol. The van der Waals surface area contributed by atoms with Crippen molar-refractivity contribution in [3.63, 3.8) is 0 Å². The first kappa shape index (κ1) is 23.0. The van der Waals surface area contributed by atoms with E-state index in [1.165, 1.54) is 16.5 Å². The van der Waals surface area contributed by atoms with Crippen molar-refractivity contribution in [2.24, 2.45) is 7.05 Å². The zero-order valence-electron chi connectivity index (χ0n) is 19.6. The maximum absolute atomic E-state index is 12.4. The predicted molar refractivity (Wildman–Crippen MR) is 125 cm³/mol. The number of ether oxygens (including phenoxy) is 1. The van der Waals surface area contributed by atoms with Gasteiger partial charge in [-0.05, 0) is 70.3 Å². The Morgan fingerprint density at radius 1 is 1.21 bits per heavy atom. The van der Waals surface area contributed by atoms with E-state index in [1.807, 2.05) is 33.9 Å². The van der Waals surface area contributed by atoms with Crippen LogP contribution >= 0.6 is 0 Å². The first-order valence-corrected chi connectivity index (χ1v) is 11.3. The first-order chi connectivity index (χ1) is 15.6. The largest absolute Gasteiger partial charge is 0.459 e. The fourth-order valence-corrected chi connectivity index (χ4v) is 4.43. The number of amides is 3. The molecule has 1 aromatic heterocycles. The van der Waals surface area contributed by atoms with Crippen LogP contribution in [0, 0.1) is 0 Å². The highest BCUT2D eigenvalue weighted by Gasteiger charge is 2.27. The lowest BCUT2D eigenvalue weighted by atomic mass is 9.89. The van der Waals surface area contributed by atoms with Gasteiger partial charge >= 0.3 is 12.0 Å². The van der Waals surface area contributed by atoms with E-state index in [4.69, 9.17) is 4.74 Å². The number of carbonyl (C=O) groups excluding carboxylic acids is 3. The maximum atomic E-state index is 12.4. The normalized spacial score (nSPS) is 18.5. The van der Waals surface area contributed by atoms with Crippen molar-refractivity contribution in [3.8, 4) is 0 Å². The second-order valence-electron chi connectivity index (χ2n) is 9.67. The fraction of sp³-hybridized carbons (Fsp3) is 0.500. The molecule has 3 heterocycles. The summed E-state index contributed by atoms with van der Waals surface area (Å²) >= 11 is 0. The number of likely N-dealkylation sites (tertiary alicyclic amines) is 1. The van der Waals surface area contributed by atoms with Crippen molar-refractivity contribution in [2.75, 3.05) is 31.1 Å². The number of aromatic nitrogens is 2. The van der Waals surface area contributed by atoms with Gasteiger partial charge in [0, 0.05) is 25.1 Å². The molecule has 33 heavy (non-hydrogen) atoms. The molecule has 0 aliphatic carbocycles. The van der Waals surface area contributed by atoms with Crippen LogP contribution in [-0.2, 0) is 21.4 Å². The molecule has 176 valence electrons. The number of urea groups is 1. The molecule has 0 atom stereocenters. The summed E-state index contributed by atoms with van der Waals surface area (Å²) in [4.78, 5) is 39.8. The number of hydrogen-bond acceptors (Lipinski definition) is 6. The molecule has 2 aliphatic rings. The van der Waals surface area contributed by atoms with E-state index in [0.29, 0.717) is 18.3 Å². The fourth-order valence-electron chi connectivity index (χ4n) is 4.43. The van der Waals surface area contributed by atoms with E-state index >= 15 is 0 Å². The molecule has 0 bridgehead atoms. The summed E-state index contributed by atoms with van der Waals surface area (Å²) in [7, 11) is 1.86. The molecule has 2 aliphatic heterocycles. The molecule has 9 nitrogen and oxygen atoms in total. The molecule has 0 saturated carbocycles. The number of hydrogen-bond donors (Lipinski definition) is 1. The van der Waals surface area contributed by atoms with Gasteiger partial charge in [0.05, 0.1) is 12.1 Å². The molecule has 3 amide bonds. The molecule has 1 aromatic carbocycles. The maximum Gasteiger partial charge on any atom is 0.330 e. The van der Waals surface area contributed by atoms with Gasteiger partial charge in [-0.15, -0.1) is 0 Å². The number of anilines is 1. The molecule has 0 radical (unpaired) electrons. The molecule has 1 fully saturated rings. The molecule has 1 N–H and O–H groups in total. The van der Waals surface area contributed by atoms with Gasteiger partial charge in [-0.1, -0.05) is 12.1 Å². The predicted octanol–water partition coefficient (Wildman–Crippen LogP) is 2.71. The third-order valence-corrected chi connectivity index (χ3v) is 5.98. The highest BCUT2D eigenvalue weighted by Crippen LogP contribution is 2.33. The smallest absolute Gasteiger partial charge is 0.330 e. The van der Waals surface area contributed by atoms with Gasteiger partial charge in [-0.25, -0.2) is 4.79 Å². The van der Waals surface area contributed by atoms with Gasteiger partial charge in [0.1, 0.15) is 5.60 Å². The third-order valence-electron chi connectivity index (χ3n) is 5.98. The Bertz CT molecular complexity index is 1110. The summed E-state index contributed by atoms with van der Waals surface area (Å²) in [5.41, 5.74) is 1.70. The van der Waals surface area contributed by atoms with E-state index in [9.17, 15) is 14.4 Å². The topological polar surface area (TPSA) is 96.8 Å². The molecule has 2 aromatic rings. The van der Waals surface area contributed by atoms with E-state index in [0.717, 1.165) is 36.8 Å². The van der Waals surface area contributed by atoms with E-state index in [-0.39, 0.29) is 12.5 Å². The van der Waals surface area contributed by atoms with Gasteiger partial charge in [-0.2, -0.15) is 5.10 Å². The molecule has 9 heteroatoms. The van der Waals surface area contributed by atoms with Crippen LogP contribution in [0.1, 0.15) is 45.1 Å². The van der Waals surface area contributed by atoms with Crippen LogP contribution in [0.4, 0.5) is 10.6 Å². The molecular formula is C24H31N5O4. The number of nitrogens with zero attached hydrogens (tertiary/aromatic N) is 4.